The lowest BCUT2D eigenvalue weighted by atomic mass is 10.2. The van der Waals surface area contributed by atoms with Gasteiger partial charge in [-0.05, 0) is 30.3 Å². The van der Waals surface area contributed by atoms with E-state index in [1.807, 2.05) is 0 Å². The van der Waals surface area contributed by atoms with Gasteiger partial charge in [-0.1, -0.05) is 6.07 Å². The molecular weight excluding hydrogens is 309 g/mol. The summed E-state index contributed by atoms with van der Waals surface area (Å²) in [5.41, 5.74) is -0.627. The highest BCUT2D eigenvalue weighted by Gasteiger charge is 2.31. The van der Waals surface area contributed by atoms with E-state index < -0.39 is 35.2 Å². The second-order valence-electron chi connectivity index (χ2n) is 4.15. The molecule has 2 rings (SSSR count). The van der Waals surface area contributed by atoms with Gasteiger partial charge in [0.05, 0.1) is 5.56 Å². The molecule has 8 heteroatoms. The first-order valence-electron chi connectivity index (χ1n) is 5.87. The monoisotopic (exact) mass is 317 g/mol. The standard InChI is InChI=1S/C14H8F5NO2/c15-8-4-5-12(16)11(6-8)13(21)20-9-2-1-3-10(7-9)22-14(17,18)19/h1-7H,(H,20,21). The fourth-order valence-electron chi connectivity index (χ4n) is 1.64. The number of carbonyl (C=O) groups is 1. The normalized spacial score (nSPS) is 11.1. The van der Waals surface area contributed by atoms with Crippen molar-refractivity contribution in [3.8, 4) is 5.75 Å². The van der Waals surface area contributed by atoms with Crippen LogP contribution in [-0.4, -0.2) is 12.3 Å². The molecule has 0 aliphatic heterocycles. The Bertz CT molecular complexity index is 700. The van der Waals surface area contributed by atoms with Crippen molar-refractivity contribution in [2.75, 3.05) is 5.32 Å². The second-order valence-corrected chi connectivity index (χ2v) is 4.15. The quantitative estimate of drug-likeness (QED) is 0.865. The summed E-state index contributed by atoms with van der Waals surface area (Å²) in [7, 11) is 0. The molecule has 2 aromatic carbocycles. The van der Waals surface area contributed by atoms with Crippen LogP contribution in [-0.2, 0) is 0 Å². The first kappa shape index (κ1) is 15.7. The van der Waals surface area contributed by atoms with Gasteiger partial charge in [0, 0.05) is 11.8 Å². The van der Waals surface area contributed by atoms with Crippen molar-refractivity contribution >= 4 is 11.6 Å². The highest BCUT2D eigenvalue weighted by molar-refractivity contribution is 6.04. The Hall–Kier alpha value is -2.64. The summed E-state index contributed by atoms with van der Waals surface area (Å²) >= 11 is 0. The van der Waals surface area contributed by atoms with Gasteiger partial charge in [-0.15, -0.1) is 13.2 Å². The van der Waals surface area contributed by atoms with Crippen molar-refractivity contribution in [1.29, 1.82) is 0 Å². The number of anilines is 1. The van der Waals surface area contributed by atoms with Crippen LogP contribution >= 0.6 is 0 Å². The minimum Gasteiger partial charge on any atom is -0.406 e. The zero-order valence-corrected chi connectivity index (χ0v) is 10.7. The van der Waals surface area contributed by atoms with Crippen LogP contribution in [0.3, 0.4) is 0 Å². The summed E-state index contributed by atoms with van der Waals surface area (Å²) in [6.45, 7) is 0. The fourth-order valence-corrected chi connectivity index (χ4v) is 1.64. The van der Waals surface area contributed by atoms with E-state index in [1.54, 1.807) is 0 Å². The topological polar surface area (TPSA) is 38.3 Å². The molecule has 0 atom stereocenters. The lowest BCUT2D eigenvalue weighted by molar-refractivity contribution is -0.274. The summed E-state index contributed by atoms with van der Waals surface area (Å²) in [5.74, 6) is -3.33. The van der Waals surface area contributed by atoms with Gasteiger partial charge < -0.3 is 10.1 Å². The van der Waals surface area contributed by atoms with Gasteiger partial charge in [0.25, 0.3) is 5.91 Å². The molecule has 0 radical (unpaired) electrons. The van der Waals surface area contributed by atoms with Crippen molar-refractivity contribution in [3.05, 3.63) is 59.7 Å². The lowest BCUT2D eigenvalue weighted by Crippen LogP contribution is -2.17. The van der Waals surface area contributed by atoms with Gasteiger partial charge in [0.2, 0.25) is 0 Å². The Labute approximate surface area is 121 Å². The van der Waals surface area contributed by atoms with E-state index in [2.05, 4.69) is 10.1 Å². The smallest absolute Gasteiger partial charge is 0.406 e. The first-order valence-corrected chi connectivity index (χ1v) is 5.87. The largest absolute Gasteiger partial charge is 0.573 e. The Kier molecular flexibility index (Phi) is 4.30. The summed E-state index contributed by atoms with van der Waals surface area (Å²) in [6, 6.07) is 6.71. The molecule has 0 unspecified atom stereocenters. The van der Waals surface area contributed by atoms with Gasteiger partial charge in [-0.3, -0.25) is 4.79 Å². The van der Waals surface area contributed by atoms with Crippen LogP contribution in [0.4, 0.5) is 27.6 Å². The number of halogens is 5. The van der Waals surface area contributed by atoms with Crippen LogP contribution < -0.4 is 10.1 Å². The van der Waals surface area contributed by atoms with Crippen LogP contribution in [0.15, 0.2) is 42.5 Å². The molecule has 0 aliphatic carbocycles. The van der Waals surface area contributed by atoms with Crippen molar-refractivity contribution in [2.24, 2.45) is 0 Å². The number of hydrogen-bond donors (Lipinski definition) is 1. The van der Waals surface area contributed by atoms with E-state index in [0.717, 1.165) is 24.3 Å². The number of amides is 1. The summed E-state index contributed by atoms with van der Waals surface area (Å²) < 4.78 is 66.4. The van der Waals surface area contributed by atoms with E-state index in [-0.39, 0.29) is 5.69 Å². The Morgan fingerprint density at radius 2 is 1.77 bits per heavy atom. The molecule has 1 N–H and O–H groups in total. The summed E-state index contributed by atoms with van der Waals surface area (Å²) in [5, 5.41) is 2.16. The van der Waals surface area contributed by atoms with E-state index in [0.29, 0.717) is 6.07 Å². The molecule has 0 heterocycles. The predicted octanol–water partition coefficient (Wildman–Crippen LogP) is 4.12. The average Bonchev–Trinajstić information content (AvgIpc) is 2.40. The predicted molar refractivity (Wildman–Crippen MR) is 67.4 cm³/mol. The number of rotatable bonds is 3. The molecule has 0 fully saturated rings. The van der Waals surface area contributed by atoms with Crippen molar-refractivity contribution in [2.45, 2.75) is 6.36 Å². The summed E-state index contributed by atoms with van der Waals surface area (Å²) in [6.07, 6.45) is -4.88. The maximum atomic E-state index is 13.4. The van der Waals surface area contributed by atoms with Crippen molar-refractivity contribution in [1.82, 2.24) is 0 Å². The summed E-state index contributed by atoms with van der Waals surface area (Å²) in [4.78, 5) is 11.8. The van der Waals surface area contributed by atoms with E-state index in [4.69, 9.17) is 0 Å². The van der Waals surface area contributed by atoms with E-state index in [9.17, 15) is 26.7 Å². The number of ether oxygens (including phenoxy) is 1. The Morgan fingerprint density at radius 3 is 2.45 bits per heavy atom. The van der Waals surface area contributed by atoms with Crippen LogP contribution in [0, 0.1) is 11.6 Å². The number of alkyl halides is 3. The van der Waals surface area contributed by atoms with Gasteiger partial charge in [0.15, 0.2) is 0 Å². The maximum absolute atomic E-state index is 13.4. The Balaban J connectivity index is 2.18. The van der Waals surface area contributed by atoms with E-state index in [1.165, 1.54) is 12.1 Å². The highest BCUT2D eigenvalue weighted by atomic mass is 19.4. The van der Waals surface area contributed by atoms with Crippen LogP contribution in [0.25, 0.3) is 0 Å². The molecule has 116 valence electrons. The van der Waals surface area contributed by atoms with Crippen LogP contribution in [0.2, 0.25) is 0 Å². The number of hydrogen-bond acceptors (Lipinski definition) is 2. The van der Waals surface area contributed by atoms with E-state index >= 15 is 0 Å². The fraction of sp³-hybridized carbons (Fsp3) is 0.0714. The zero-order valence-electron chi connectivity index (χ0n) is 10.7. The lowest BCUT2D eigenvalue weighted by Gasteiger charge is -2.11. The minimum atomic E-state index is -4.88. The molecule has 1 amide bonds. The van der Waals surface area contributed by atoms with Gasteiger partial charge >= 0.3 is 6.36 Å². The molecule has 0 aliphatic rings. The molecule has 0 saturated carbocycles. The third kappa shape index (κ3) is 4.18. The zero-order chi connectivity index (χ0) is 16.3. The first-order chi connectivity index (χ1) is 10.2. The average molecular weight is 317 g/mol. The molecular formula is C14H8F5NO2. The minimum absolute atomic E-state index is 0.0598. The maximum Gasteiger partial charge on any atom is 0.573 e. The second kappa shape index (κ2) is 6.00. The molecule has 0 saturated heterocycles. The third-order valence-electron chi connectivity index (χ3n) is 2.50. The molecule has 3 nitrogen and oxygen atoms in total. The molecule has 0 bridgehead atoms. The van der Waals surface area contributed by atoms with Crippen molar-refractivity contribution < 1.29 is 31.5 Å². The van der Waals surface area contributed by atoms with Gasteiger partial charge in [-0.25, -0.2) is 8.78 Å². The Morgan fingerprint density at radius 1 is 1.05 bits per heavy atom. The SMILES string of the molecule is O=C(Nc1cccc(OC(F)(F)F)c1)c1cc(F)ccc1F. The highest BCUT2D eigenvalue weighted by Crippen LogP contribution is 2.25. The number of nitrogens with one attached hydrogen (secondary N) is 1. The van der Waals surface area contributed by atoms with Crippen LogP contribution in [0.1, 0.15) is 10.4 Å². The number of carbonyl (C=O) groups excluding carboxylic acids is 1. The molecule has 2 aromatic rings. The molecule has 22 heavy (non-hydrogen) atoms. The molecule has 0 aromatic heterocycles. The number of benzene rings is 2. The molecule has 0 spiro atoms. The van der Waals surface area contributed by atoms with Gasteiger partial charge in [-0.2, -0.15) is 0 Å². The van der Waals surface area contributed by atoms with Crippen LogP contribution in [0.5, 0.6) is 5.75 Å². The third-order valence-corrected chi connectivity index (χ3v) is 2.50. The van der Waals surface area contributed by atoms with Crippen molar-refractivity contribution in [3.63, 3.8) is 0 Å². The van der Waals surface area contributed by atoms with Gasteiger partial charge in [0.1, 0.15) is 17.4 Å².